The van der Waals surface area contributed by atoms with Crippen LogP contribution >= 0.6 is 12.2 Å². The zero-order chi connectivity index (χ0) is 17.6. The monoisotopic (exact) mass is 360 g/mol. The fraction of sp³-hybridized carbons (Fsp3) is 0.188. The normalized spacial score (nSPS) is 10.6. The molecule has 0 aliphatic heterocycles. The lowest BCUT2D eigenvalue weighted by Crippen LogP contribution is -2.19. The number of nitrogens with zero attached hydrogens (tertiary/aromatic N) is 4. The van der Waals surface area contributed by atoms with Crippen LogP contribution in [-0.2, 0) is 18.0 Å². The molecule has 3 aromatic rings. The van der Waals surface area contributed by atoms with Crippen molar-refractivity contribution in [1.29, 1.82) is 0 Å². The van der Waals surface area contributed by atoms with Gasteiger partial charge < -0.3 is 15.4 Å². The standard InChI is InChI=1S/C16H17FN6OS/c1-24-11-23-10-13(8-18-23)19-16(25)20-15-6-7-22(21-15)9-12-4-2-3-5-14(12)17/h2-8,10H,9,11H2,1H3,(H2,19,20,21,25). The van der Waals surface area contributed by atoms with E-state index in [2.05, 4.69) is 20.8 Å². The quantitative estimate of drug-likeness (QED) is 0.659. The molecule has 0 atom stereocenters. The van der Waals surface area contributed by atoms with E-state index in [1.807, 2.05) is 0 Å². The van der Waals surface area contributed by atoms with Crippen molar-refractivity contribution in [3.8, 4) is 0 Å². The minimum atomic E-state index is -0.252. The van der Waals surface area contributed by atoms with Gasteiger partial charge in [-0.1, -0.05) is 18.2 Å². The van der Waals surface area contributed by atoms with Gasteiger partial charge in [-0.25, -0.2) is 9.07 Å². The van der Waals surface area contributed by atoms with Crippen molar-refractivity contribution in [2.45, 2.75) is 13.3 Å². The maximum atomic E-state index is 13.7. The van der Waals surface area contributed by atoms with Crippen molar-refractivity contribution in [3.63, 3.8) is 0 Å². The van der Waals surface area contributed by atoms with E-state index >= 15 is 0 Å². The molecular weight excluding hydrogens is 343 g/mol. The summed E-state index contributed by atoms with van der Waals surface area (Å²) < 4.78 is 21.9. The first-order chi connectivity index (χ1) is 12.1. The Morgan fingerprint density at radius 2 is 2.08 bits per heavy atom. The minimum Gasteiger partial charge on any atom is -0.362 e. The molecule has 7 nitrogen and oxygen atoms in total. The summed E-state index contributed by atoms with van der Waals surface area (Å²) in [4.78, 5) is 0. The first-order valence-corrected chi connectivity index (χ1v) is 7.91. The Labute approximate surface area is 149 Å². The van der Waals surface area contributed by atoms with Gasteiger partial charge in [0.25, 0.3) is 0 Å². The molecule has 1 aromatic carbocycles. The summed E-state index contributed by atoms with van der Waals surface area (Å²) in [5, 5.41) is 14.8. The predicted molar refractivity (Wildman–Crippen MR) is 96.8 cm³/mol. The number of rotatable bonds is 6. The summed E-state index contributed by atoms with van der Waals surface area (Å²) in [5.41, 5.74) is 1.31. The highest BCUT2D eigenvalue weighted by Gasteiger charge is 2.06. The summed E-state index contributed by atoms with van der Waals surface area (Å²) in [6, 6.07) is 8.38. The Morgan fingerprint density at radius 1 is 1.24 bits per heavy atom. The number of methoxy groups -OCH3 is 1. The van der Waals surface area contributed by atoms with Gasteiger partial charge in [-0.15, -0.1) is 0 Å². The molecule has 0 fully saturated rings. The van der Waals surface area contributed by atoms with Crippen LogP contribution in [0.3, 0.4) is 0 Å². The second-order valence-corrected chi connectivity index (χ2v) is 5.66. The van der Waals surface area contributed by atoms with Crippen molar-refractivity contribution < 1.29 is 9.13 Å². The Morgan fingerprint density at radius 3 is 2.88 bits per heavy atom. The molecule has 0 aliphatic rings. The van der Waals surface area contributed by atoms with Crippen molar-refractivity contribution in [2.75, 3.05) is 17.7 Å². The first kappa shape index (κ1) is 17.1. The lowest BCUT2D eigenvalue weighted by Gasteiger charge is -2.06. The van der Waals surface area contributed by atoms with Crippen LogP contribution in [0.1, 0.15) is 5.56 Å². The molecule has 0 unspecified atom stereocenters. The molecule has 2 heterocycles. The highest BCUT2D eigenvalue weighted by molar-refractivity contribution is 7.80. The van der Waals surface area contributed by atoms with Crippen LogP contribution in [-0.4, -0.2) is 31.8 Å². The van der Waals surface area contributed by atoms with E-state index in [0.717, 1.165) is 5.69 Å². The predicted octanol–water partition coefficient (Wildman–Crippen LogP) is 2.68. The molecule has 2 N–H and O–H groups in total. The van der Waals surface area contributed by atoms with Crippen LogP contribution in [0.4, 0.5) is 15.9 Å². The van der Waals surface area contributed by atoms with Crippen molar-refractivity contribution in [1.82, 2.24) is 19.6 Å². The summed E-state index contributed by atoms with van der Waals surface area (Å²) >= 11 is 5.25. The Hall–Kier alpha value is -2.78. The Balaban J connectivity index is 1.57. The third kappa shape index (κ3) is 4.61. The van der Waals surface area contributed by atoms with Gasteiger partial charge in [0.15, 0.2) is 10.9 Å². The van der Waals surface area contributed by atoms with Crippen LogP contribution in [0.2, 0.25) is 0 Å². The molecule has 0 saturated carbocycles. The molecule has 3 rings (SSSR count). The molecule has 0 radical (unpaired) electrons. The number of ether oxygens (including phenoxy) is 1. The maximum Gasteiger partial charge on any atom is 0.176 e. The van der Waals surface area contributed by atoms with Gasteiger partial charge in [0.1, 0.15) is 12.5 Å². The van der Waals surface area contributed by atoms with E-state index in [9.17, 15) is 4.39 Å². The Kier molecular flexibility index (Phi) is 5.36. The van der Waals surface area contributed by atoms with Gasteiger partial charge in [-0.3, -0.25) is 4.68 Å². The van der Waals surface area contributed by atoms with Gasteiger partial charge in [0, 0.05) is 24.9 Å². The van der Waals surface area contributed by atoms with Crippen LogP contribution in [0, 0.1) is 5.82 Å². The van der Waals surface area contributed by atoms with E-state index in [1.54, 1.807) is 59.3 Å². The van der Waals surface area contributed by atoms with Crippen LogP contribution < -0.4 is 10.6 Å². The van der Waals surface area contributed by atoms with E-state index < -0.39 is 0 Å². The van der Waals surface area contributed by atoms with Crippen LogP contribution in [0.15, 0.2) is 48.9 Å². The molecule has 0 amide bonds. The summed E-state index contributed by atoms with van der Waals surface area (Å²) in [6.07, 6.45) is 5.17. The third-order valence-corrected chi connectivity index (χ3v) is 3.53. The molecule has 0 aliphatic carbocycles. The number of hydrogen-bond acceptors (Lipinski definition) is 4. The lowest BCUT2D eigenvalue weighted by atomic mass is 10.2. The minimum absolute atomic E-state index is 0.252. The van der Waals surface area contributed by atoms with E-state index in [-0.39, 0.29) is 5.82 Å². The van der Waals surface area contributed by atoms with E-state index in [0.29, 0.717) is 29.8 Å². The Bertz CT molecular complexity index is 862. The molecule has 25 heavy (non-hydrogen) atoms. The number of anilines is 2. The summed E-state index contributed by atoms with van der Waals surface area (Å²) in [5.74, 6) is 0.316. The number of aromatic nitrogens is 4. The van der Waals surface area contributed by atoms with Gasteiger partial charge in [0.2, 0.25) is 0 Å². The third-order valence-electron chi connectivity index (χ3n) is 3.32. The van der Waals surface area contributed by atoms with Gasteiger partial charge in [-0.05, 0) is 18.3 Å². The second kappa shape index (κ2) is 7.86. The van der Waals surface area contributed by atoms with E-state index in [1.165, 1.54) is 6.07 Å². The summed E-state index contributed by atoms with van der Waals surface area (Å²) in [7, 11) is 1.60. The summed E-state index contributed by atoms with van der Waals surface area (Å²) in [6.45, 7) is 0.709. The van der Waals surface area contributed by atoms with Crippen molar-refractivity contribution in [3.05, 3.63) is 60.3 Å². The molecule has 130 valence electrons. The lowest BCUT2D eigenvalue weighted by molar-refractivity contribution is 0.120. The first-order valence-electron chi connectivity index (χ1n) is 7.50. The zero-order valence-electron chi connectivity index (χ0n) is 13.5. The van der Waals surface area contributed by atoms with Gasteiger partial charge in [0.05, 0.1) is 24.6 Å². The van der Waals surface area contributed by atoms with Crippen molar-refractivity contribution >= 4 is 28.8 Å². The van der Waals surface area contributed by atoms with Crippen LogP contribution in [0.5, 0.6) is 0 Å². The van der Waals surface area contributed by atoms with Gasteiger partial charge >= 0.3 is 0 Å². The largest absolute Gasteiger partial charge is 0.362 e. The molecule has 0 saturated heterocycles. The number of benzene rings is 1. The van der Waals surface area contributed by atoms with E-state index in [4.69, 9.17) is 17.0 Å². The number of thiocarbonyl (C=S) groups is 1. The molecule has 0 spiro atoms. The number of halogens is 1. The van der Waals surface area contributed by atoms with Gasteiger partial charge in [-0.2, -0.15) is 10.2 Å². The topological polar surface area (TPSA) is 68.9 Å². The molecule has 9 heteroatoms. The molecular formula is C16H17FN6OS. The van der Waals surface area contributed by atoms with Crippen LogP contribution in [0.25, 0.3) is 0 Å². The smallest absolute Gasteiger partial charge is 0.176 e. The molecule has 0 bridgehead atoms. The highest BCUT2D eigenvalue weighted by Crippen LogP contribution is 2.11. The molecule has 2 aromatic heterocycles. The second-order valence-electron chi connectivity index (χ2n) is 5.26. The fourth-order valence-electron chi connectivity index (χ4n) is 2.23. The van der Waals surface area contributed by atoms with Crippen molar-refractivity contribution in [2.24, 2.45) is 0 Å². The average Bonchev–Trinajstić information content (AvgIpc) is 3.20. The zero-order valence-corrected chi connectivity index (χ0v) is 14.3. The SMILES string of the molecule is COCn1cc(NC(=S)Nc2ccn(Cc3ccccc3F)n2)cn1. The number of nitrogens with one attached hydrogen (secondary N) is 2. The fourth-order valence-corrected chi connectivity index (χ4v) is 2.45. The maximum absolute atomic E-state index is 13.7. The number of hydrogen-bond donors (Lipinski definition) is 2. The highest BCUT2D eigenvalue weighted by atomic mass is 32.1. The average molecular weight is 360 g/mol.